The monoisotopic (exact) mass is 647 g/mol. The number of unbranched alkanes of at least 4 members (excludes halogenated alkanes) is 2. The van der Waals surface area contributed by atoms with E-state index in [2.05, 4.69) is 31.3 Å². The van der Waals surface area contributed by atoms with Gasteiger partial charge in [0.1, 0.15) is 17.8 Å². The van der Waals surface area contributed by atoms with Gasteiger partial charge >= 0.3 is 5.97 Å². The summed E-state index contributed by atoms with van der Waals surface area (Å²) in [6.07, 6.45) is 3.84. The van der Waals surface area contributed by atoms with E-state index in [-0.39, 0.29) is 56.2 Å². The standard InChI is InChI=1S/C30H53N11O5/c1-20(2)25(28(45)40-23(14-10-18-38-30(34)35)26(43)36-16-8-4-7-15-31)41-27(44)22(13-9-17-37-29(32)33)39-19-24(42)46-21-11-5-3-6-12-21/h3,5-6,11-12,20,22-23,25,39H,4,7-10,13-19,31H2,1-2H3,(H,36,43)(H,40,45)(H,41,44)(H4,32,33,37)(H4,34,35,38)/t22-,23-,25-/m0/s1. The normalized spacial score (nSPS) is 12.7. The zero-order valence-corrected chi connectivity index (χ0v) is 27.0. The number of carbonyl (C=O) groups is 4. The second-order valence-electron chi connectivity index (χ2n) is 11.1. The number of ether oxygens (including phenoxy) is 1. The van der Waals surface area contributed by atoms with Gasteiger partial charge in [0, 0.05) is 19.6 Å². The third-order valence-electron chi connectivity index (χ3n) is 6.73. The topological polar surface area (TPSA) is 280 Å². The average molecular weight is 648 g/mol. The SMILES string of the molecule is CC(C)[C@H](NC(=O)[C@H](CCCN=C(N)N)NCC(=O)Oc1ccccc1)C(=O)N[C@@H](CCCN=C(N)N)C(=O)NCCCCCN. The van der Waals surface area contributed by atoms with E-state index in [9.17, 15) is 19.2 Å². The number of carbonyl (C=O) groups excluding carboxylic acids is 4. The summed E-state index contributed by atoms with van der Waals surface area (Å²) in [5.41, 5.74) is 27.2. The van der Waals surface area contributed by atoms with Crippen LogP contribution < -0.4 is 54.7 Å². The van der Waals surface area contributed by atoms with Crippen molar-refractivity contribution in [3.05, 3.63) is 30.3 Å². The van der Waals surface area contributed by atoms with Gasteiger partial charge in [-0.2, -0.15) is 0 Å². The Balaban J connectivity index is 2.97. The molecule has 0 spiro atoms. The maximum Gasteiger partial charge on any atom is 0.325 e. The summed E-state index contributed by atoms with van der Waals surface area (Å²) in [5, 5.41) is 11.3. The Morgan fingerprint density at radius 3 is 1.93 bits per heavy atom. The Kier molecular flexibility index (Phi) is 19.8. The fraction of sp³-hybridized carbons (Fsp3) is 0.600. The molecule has 0 radical (unpaired) electrons. The minimum absolute atomic E-state index is 0.0673. The van der Waals surface area contributed by atoms with Crippen LogP contribution in [-0.2, 0) is 19.2 Å². The predicted octanol–water partition coefficient (Wildman–Crippen LogP) is -1.47. The molecule has 0 bridgehead atoms. The van der Waals surface area contributed by atoms with E-state index in [1.807, 2.05) is 0 Å². The Morgan fingerprint density at radius 2 is 1.37 bits per heavy atom. The van der Waals surface area contributed by atoms with Crippen LogP contribution in [0.25, 0.3) is 0 Å². The first kappa shape index (κ1) is 39.6. The number of rotatable bonds is 23. The van der Waals surface area contributed by atoms with Crippen molar-refractivity contribution in [1.82, 2.24) is 21.3 Å². The summed E-state index contributed by atoms with van der Waals surface area (Å²) in [4.78, 5) is 60.3. The van der Waals surface area contributed by atoms with Gasteiger partial charge in [-0.25, -0.2) is 0 Å². The van der Waals surface area contributed by atoms with Crippen LogP contribution in [0.2, 0.25) is 0 Å². The first-order valence-electron chi connectivity index (χ1n) is 15.6. The Labute approximate surface area is 271 Å². The molecule has 16 nitrogen and oxygen atoms in total. The van der Waals surface area contributed by atoms with Crippen molar-refractivity contribution in [1.29, 1.82) is 0 Å². The number of esters is 1. The van der Waals surface area contributed by atoms with Gasteiger partial charge in [-0.3, -0.25) is 34.5 Å². The van der Waals surface area contributed by atoms with Gasteiger partial charge in [-0.15, -0.1) is 0 Å². The largest absolute Gasteiger partial charge is 0.426 e. The van der Waals surface area contributed by atoms with Crippen LogP contribution in [0.3, 0.4) is 0 Å². The van der Waals surface area contributed by atoms with Crippen LogP contribution in [0.5, 0.6) is 5.75 Å². The number of aliphatic imine (C=N–C) groups is 2. The lowest BCUT2D eigenvalue weighted by Gasteiger charge is -2.27. The van der Waals surface area contributed by atoms with Crippen LogP contribution in [-0.4, -0.2) is 86.5 Å². The van der Waals surface area contributed by atoms with Gasteiger partial charge in [0.25, 0.3) is 0 Å². The van der Waals surface area contributed by atoms with Crippen molar-refractivity contribution in [3.8, 4) is 5.75 Å². The van der Waals surface area contributed by atoms with E-state index < -0.39 is 35.9 Å². The molecule has 0 fully saturated rings. The van der Waals surface area contributed by atoms with Crippen LogP contribution in [0.4, 0.5) is 0 Å². The molecule has 1 rings (SSSR count). The van der Waals surface area contributed by atoms with Crippen molar-refractivity contribution >= 4 is 35.6 Å². The van der Waals surface area contributed by atoms with Crippen LogP contribution in [0.15, 0.2) is 40.3 Å². The van der Waals surface area contributed by atoms with Gasteiger partial charge < -0.3 is 49.4 Å². The zero-order chi connectivity index (χ0) is 34.3. The molecule has 0 unspecified atom stereocenters. The summed E-state index contributed by atoms with van der Waals surface area (Å²) in [7, 11) is 0. The van der Waals surface area contributed by atoms with Crippen molar-refractivity contribution in [2.45, 2.75) is 76.9 Å². The molecule has 3 amide bonds. The highest BCUT2D eigenvalue weighted by Crippen LogP contribution is 2.10. The third-order valence-corrected chi connectivity index (χ3v) is 6.73. The van der Waals surface area contributed by atoms with Gasteiger partial charge in [0.15, 0.2) is 11.9 Å². The van der Waals surface area contributed by atoms with Crippen LogP contribution in [0.1, 0.15) is 58.8 Å². The third kappa shape index (κ3) is 17.8. The van der Waals surface area contributed by atoms with Crippen molar-refractivity contribution < 1.29 is 23.9 Å². The van der Waals surface area contributed by atoms with E-state index >= 15 is 0 Å². The van der Waals surface area contributed by atoms with Gasteiger partial charge in [-0.1, -0.05) is 38.5 Å². The summed E-state index contributed by atoms with van der Waals surface area (Å²) in [6, 6.07) is 5.79. The van der Waals surface area contributed by atoms with Crippen molar-refractivity contribution in [2.75, 3.05) is 32.7 Å². The minimum atomic E-state index is -0.983. The van der Waals surface area contributed by atoms with E-state index in [4.69, 9.17) is 33.4 Å². The quantitative estimate of drug-likeness (QED) is 0.0217. The number of nitrogens with two attached hydrogens (primary N) is 5. The van der Waals surface area contributed by atoms with Crippen LogP contribution >= 0.6 is 0 Å². The highest BCUT2D eigenvalue weighted by molar-refractivity contribution is 5.93. The van der Waals surface area contributed by atoms with E-state index in [0.29, 0.717) is 31.7 Å². The number of amides is 3. The molecule has 0 saturated heterocycles. The smallest absolute Gasteiger partial charge is 0.325 e. The van der Waals surface area contributed by atoms with Crippen molar-refractivity contribution in [2.24, 2.45) is 44.6 Å². The van der Waals surface area contributed by atoms with Gasteiger partial charge in [0.2, 0.25) is 17.7 Å². The molecule has 14 N–H and O–H groups in total. The Morgan fingerprint density at radius 1 is 0.761 bits per heavy atom. The number of nitrogens with one attached hydrogen (secondary N) is 4. The number of guanidine groups is 2. The second-order valence-corrected chi connectivity index (χ2v) is 11.1. The lowest BCUT2D eigenvalue weighted by Crippen LogP contribution is -2.58. The maximum atomic E-state index is 13.5. The number of para-hydroxylation sites is 1. The summed E-state index contributed by atoms with van der Waals surface area (Å²) in [6.45, 7) is 4.83. The van der Waals surface area contributed by atoms with E-state index in [0.717, 1.165) is 19.3 Å². The molecule has 1 aromatic carbocycles. The summed E-state index contributed by atoms with van der Waals surface area (Å²) >= 11 is 0. The summed E-state index contributed by atoms with van der Waals surface area (Å²) in [5.74, 6) is -2.11. The number of hydrogen-bond acceptors (Lipinski definition) is 9. The first-order chi connectivity index (χ1) is 21.9. The van der Waals surface area contributed by atoms with Crippen LogP contribution in [0, 0.1) is 5.92 Å². The second kappa shape index (κ2) is 23.0. The number of benzene rings is 1. The zero-order valence-electron chi connectivity index (χ0n) is 27.0. The van der Waals surface area contributed by atoms with E-state index in [1.54, 1.807) is 44.2 Å². The molecule has 16 heteroatoms. The molecule has 3 atom stereocenters. The highest BCUT2D eigenvalue weighted by Gasteiger charge is 2.31. The lowest BCUT2D eigenvalue weighted by molar-refractivity contribution is -0.135. The first-order valence-corrected chi connectivity index (χ1v) is 15.6. The van der Waals surface area contributed by atoms with E-state index in [1.165, 1.54) is 0 Å². The highest BCUT2D eigenvalue weighted by atomic mass is 16.5. The molecule has 1 aromatic rings. The molecular weight excluding hydrogens is 594 g/mol. The molecule has 0 aliphatic carbocycles. The average Bonchev–Trinajstić information content (AvgIpc) is 3.00. The molecule has 0 aliphatic rings. The van der Waals surface area contributed by atoms with Gasteiger partial charge in [-0.05, 0) is 63.1 Å². The molecule has 0 saturated carbocycles. The summed E-state index contributed by atoms with van der Waals surface area (Å²) < 4.78 is 5.31. The maximum absolute atomic E-state index is 13.5. The predicted molar refractivity (Wildman–Crippen MR) is 178 cm³/mol. The molecule has 258 valence electrons. The molecule has 0 aromatic heterocycles. The molecule has 0 aliphatic heterocycles. The Hall–Kier alpha value is -4.44. The molecular formula is C30H53N11O5. The number of hydrogen-bond donors (Lipinski definition) is 9. The van der Waals surface area contributed by atoms with Gasteiger partial charge in [0.05, 0.1) is 12.6 Å². The number of nitrogens with zero attached hydrogens (tertiary/aromatic N) is 2. The van der Waals surface area contributed by atoms with Crippen molar-refractivity contribution in [3.63, 3.8) is 0 Å². The lowest BCUT2D eigenvalue weighted by atomic mass is 10.0. The molecule has 46 heavy (non-hydrogen) atoms. The minimum Gasteiger partial charge on any atom is -0.426 e. The fourth-order valence-corrected chi connectivity index (χ4v) is 4.30. The molecule has 0 heterocycles. The fourth-order valence-electron chi connectivity index (χ4n) is 4.30. The Bertz CT molecular complexity index is 1120.